The van der Waals surface area contributed by atoms with E-state index in [-0.39, 0.29) is 19.3 Å². The Morgan fingerprint density at radius 1 is 0.641 bits per heavy atom. The van der Waals surface area contributed by atoms with Crippen molar-refractivity contribution in [3.8, 4) is 22.3 Å². The van der Waals surface area contributed by atoms with Gasteiger partial charge in [0.1, 0.15) is 0 Å². The Hall–Kier alpha value is -4.77. The summed E-state index contributed by atoms with van der Waals surface area (Å²) >= 11 is 0. The van der Waals surface area contributed by atoms with Crippen molar-refractivity contribution < 1.29 is 19.2 Å². The van der Waals surface area contributed by atoms with Crippen molar-refractivity contribution in [1.29, 1.82) is 0 Å². The fourth-order valence-corrected chi connectivity index (χ4v) is 5.45. The monoisotopic (exact) mass is 513 g/mol. The number of hydroxylamine groups is 2. The Morgan fingerprint density at radius 3 is 1.74 bits per heavy atom. The molecule has 5 aromatic carbocycles. The first-order valence-electron chi connectivity index (χ1n) is 13.2. The fourth-order valence-electron chi connectivity index (χ4n) is 5.45. The quantitative estimate of drug-likeness (QED) is 0.170. The Bertz CT molecular complexity index is 1690. The first kappa shape index (κ1) is 24.6. The van der Waals surface area contributed by atoms with Crippen LogP contribution in [0.3, 0.4) is 0 Å². The second kappa shape index (κ2) is 10.5. The van der Waals surface area contributed by atoms with E-state index in [4.69, 9.17) is 4.84 Å². The minimum Gasteiger partial charge on any atom is -0.330 e. The molecule has 0 saturated carbocycles. The SMILES string of the molecule is O=C(CCCc1ccc2c(-c3ccccc3)c3ccccc3c(-c3ccccc3)c2c1)ON1C(=O)CCC1=O. The Labute approximate surface area is 226 Å². The van der Waals surface area contributed by atoms with E-state index in [1.807, 2.05) is 12.1 Å². The Kier molecular flexibility index (Phi) is 6.64. The van der Waals surface area contributed by atoms with E-state index in [0.29, 0.717) is 17.9 Å². The number of hydrogen-bond acceptors (Lipinski definition) is 4. The summed E-state index contributed by atoms with van der Waals surface area (Å²) in [7, 11) is 0. The van der Waals surface area contributed by atoms with Gasteiger partial charge >= 0.3 is 5.97 Å². The van der Waals surface area contributed by atoms with Crippen LogP contribution in [0.4, 0.5) is 0 Å². The van der Waals surface area contributed by atoms with Crippen molar-refractivity contribution in [2.75, 3.05) is 0 Å². The molecular weight excluding hydrogens is 486 g/mol. The molecule has 0 aliphatic carbocycles. The number of amides is 2. The molecule has 0 bridgehead atoms. The van der Waals surface area contributed by atoms with Crippen molar-refractivity contribution in [2.45, 2.75) is 32.1 Å². The van der Waals surface area contributed by atoms with Crippen molar-refractivity contribution >= 4 is 39.3 Å². The second-order valence-electron chi connectivity index (χ2n) is 9.81. The largest absolute Gasteiger partial charge is 0.333 e. The van der Waals surface area contributed by atoms with Crippen LogP contribution in [0, 0.1) is 0 Å². The number of fused-ring (bicyclic) bond motifs is 2. The summed E-state index contributed by atoms with van der Waals surface area (Å²) < 4.78 is 0. The molecule has 1 aliphatic rings. The highest BCUT2D eigenvalue weighted by atomic mass is 16.7. The molecule has 5 aromatic rings. The molecular formula is C34H27NO4. The Morgan fingerprint density at radius 2 is 1.15 bits per heavy atom. The maximum Gasteiger partial charge on any atom is 0.333 e. The summed E-state index contributed by atoms with van der Waals surface area (Å²) in [5, 5.41) is 5.34. The number of nitrogens with zero attached hydrogens (tertiary/aromatic N) is 1. The van der Waals surface area contributed by atoms with Crippen LogP contribution in [0.5, 0.6) is 0 Å². The van der Waals surface area contributed by atoms with Gasteiger partial charge in [-0.25, -0.2) is 4.79 Å². The first-order chi connectivity index (χ1) is 19.1. The lowest BCUT2D eigenvalue weighted by molar-refractivity contribution is -0.197. The standard InChI is InChI=1S/C34H27NO4/c36-30-20-21-31(37)35(30)39-32(38)17-9-10-23-18-19-28-29(22-23)34(25-13-5-2-6-14-25)27-16-8-7-15-26(27)33(28)24-11-3-1-4-12-24/h1-8,11-16,18-19,22H,9-10,17,20-21H2. The first-order valence-corrected chi connectivity index (χ1v) is 13.2. The van der Waals surface area contributed by atoms with Crippen LogP contribution in [0.15, 0.2) is 103 Å². The van der Waals surface area contributed by atoms with Gasteiger partial charge < -0.3 is 4.84 Å². The maximum atomic E-state index is 12.3. The van der Waals surface area contributed by atoms with Gasteiger partial charge in [0.15, 0.2) is 0 Å². The van der Waals surface area contributed by atoms with Crippen LogP contribution in [0.1, 0.15) is 31.2 Å². The van der Waals surface area contributed by atoms with Crippen LogP contribution < -0.4 is 0 Å². The molecule has 5 nitrogen and oxygen atoms in total. The molecule has 0 radical (unpaired) electrons. The van der Waals surface area contributed by atoms with E-state index < -0.39 is 17.8 Å². The number of aryl methyl sites for hydroxylation is 1. The number of rotatable bonds is 7. The lowest BCUT2D eigenvalue weighted by Crippen LogP contribution is -2.31. The van der Waals surface area contributed by atoms with Crippen molar-refractivity contribution in [1.82, 2.24) is 5.06 Å². The van der Waals surface area contributed by atoms with Crippen LogP contribution in [-0.2, 0) is 25.6 Å². The van der Waals surface area contributed by atoms with Gasteiger partial charge in [-0.1, -0.05) is 103 Å². The van der Waals surface area contributed by atoms with Crippen LogP contribution in [-0.4, -0.2) is 22.8 Å². The van der Waals surface area contributed by atoms with Crippen molar-refractivity contribution in [2.24, 2.45) is 0 Å². The van der Waals surface area contributed by atoms with E-state index >= 15 is 0 Å². The number of imide groups is 1. The molecule has 2 amide bonds. The van der Waals surface area contributed by atoms with Crippen LogP contribution in [0.25, 0.3) is 43.8 Å². The minimum atomic E-state index is -0.568. The molecule has 0 aromatic heterocycles. The second-order valence-corrected chi connectivity index (χ2v) is 9.81. The van der Waals surface area contributed by atoms with Crippen LogP contribution >= 0.6 is 0 Å². The lowest BCUT2D eigenvalue weighted by atomic mass is 9.85. The highest BCUT2D eigenvalue weighted by Crippen LogP contribution is 2.43. The third-order valence-electron chi connectivity index (χ3n) is 7.26. The topological polar surface area (TPSA) is 63.7 Å². The highest BCUT2D eigenvalue weighted by Gasteiger charge is 2.32. The minimum absolute atomic E-state index is 0.0899. The van der Waals surface area contributed by atoms with E-state index in [9.17, 15) is 14.4 Å². The number of carbonyl (C=O) groups excluding carboxylic acids is 3. The maximum absolute atomic E-state index is 12.3. The van der Waals surface area contributed by atoms with E-state index in [2.05, 4.69) is 91.0 Å². The summed E-state index contributed by atoms with van der Waals surface area (Å²) in [4.78, 5) is 40.8. The molecule has 39 heavy (non-hydrogen) atoms. The zero-order chi connectivity index (χ0) is 26.8. The van der Waals surface area contributed by atoms with Gasteiger partial charge in [-0.3, -0.25) is 9.59 Å². The van der Waals surface area contributed by atoms with Gasteiger partial charge in [-0.2, -0.15) is 0 Å². The molecule has 6 rings (SSSR count). The van der Waals surface area contributed by atoms with E-state index in [1.165, 1.54) is 32.8 Å². The van der Waals surface area contributed by atoms with E-state index in [0.717, 1.165) is 16.5 Å². The van der Waals surface area contributed by atoms with E-state index in [1.54, 1.807) is 0 Å². The number of carbonyl (C=O) groups is 3. The van der Waals surface area contributed by atoms with Gasteiger partial charge in [0.2, 0.25) is 0 Å². The molecule has 5 heteroatoms. The Balaban J connectivity index is 1.39. The molecule has 0 N–H and O–H groups in total. The van der Waals surface area contributed by atoms with Crippen molar-refractivity contribution in [3.05, 3.63) is 109 Å². The van der Waals surface area contributed by atoms with Crippen molar-refractivity contribution in [3.63, 3.8) is 0 Å². The molecule has 1 heterocycles. The van der Waals surface area contributed by atoms with Gasteiger partial charge in [-0.05, 0) is 62.2 Å². The average molecular weight is 514 g/mol. The fraction of sp³-hybridized carbons (Fsp3) is 0.147. The normalized spacial score (nSPS) is 13.4. The number of benzene rings is 5. The molecule has 0 unspecified atom stereocenters. The predicted octanol–water partition coefficient (Wildman–Crippen LogP) is 7.26. The summed E-state index contributed by atoms with van der Waals surface area (Å²) in [6, 6.07) is 36.0. The number of hydrogen-bond donors (Lipinski definition) is 0. The third kappa shape index (κ3) is 4.79. The van der Waals surface area contributed by atoms with Crippen LogP contribution in [0.2, 0.25) is 0 Å². The molecule has 0 spiro atoms. The predicted molar refractivity (Wildman–Crippen MR) is 152 cm³/mol. The summed E-state index contributed by atoms with van der Waals surface area (Å²) in [6.07, 6.45) is 1.50. The smallest absolute Gasteiger partial charge is 0.330 e. The highest BCUT2D eigenvalue weighted by molar-refractivity contribution is 6.21. The summed E-state index contributed by atoms with van der Waals surface area (Å²) in [5.74, 6) is -1.49. The summed E-state index contributed by atoms with van der Waals surface area (Å²) in [6.45, 7) is 0. The van der Waals surface area contributed by atoms with Gasteiger partial charge in [0.25, 0.3) is 11.8 Å². The van der Waals surface area contributed by atoms with Gasteiger partial charge in [0.05, 0.1) is 0 Å². The lowest BCUT2D eigenvalue weighted by Gasteiger charge is -2.18. The molecule has 0 atom stereocenters. The van der Waals surface area contributed by atoms with Gasteiger partial charge in [0, 0.05) is 19.3 Å². The molecule has 1 fully saturated rings. The zero-order valence-electron chi connectivity index (χ0n) is 21.4. The molecule has 192 valence electrons. The zero-order valence-corrected chi connectivity index (χ0v) is 21.4. The molecule has 1 saturated heterocycles. The molecule has 1 aliphatic heterocycles. The van der Waals surface area contributed by atoms with Gasteiger partial charge in [-0.15, -0.1) is 5.06 Å². The summed E-state index contributed by atoms with van der Waals surface area (Å²) in [5.41, 5.74) is 5.82. The average Bonchev–Trinajstić information content (AvgIpc) is 3.28. The third-order valence-corrected chi connectivity index (χ3v) is 7.26.